The predicted octanol–water partition coefficient (Wildman–Crippen LogP) is 4.77. The van der Waals surface area contributed by atoms with Crippen LogP contribution >= 0.6 is 0 Å². The number of carbonyl (C=O) groups excluding carboxylic acids is 1. The summed E-state index contributed by atoms with van der Waals surface area (Å²) in [4.78, 5) is 30.1. The molecule has 0 radical (unpaired) electrons. The Morgan fingerprint density at radius 1 is 0.970 bits per heavy atom. The normalized spacial score (nSPS) is 11.2. The van der Waals surface area contributed by atoms with E-state index in [-0.39, 0.29) is 11.2 Å². The fourth-order valence-corrected chi connectivity index (χ4v) is 3.37. The smallest absolute Gasteiger partial charge is 0.295 e. The van der Waals surface area contributed by atoms with Crippen molar-refractivity contribution in [2.45, 2.75) is 6.92 Å². The first-order valence-electron chi connectivity index (χ1n) is 10.1. The van der Waals surface area contributed by atoms with Crippen LogP contribution in [0.4, 0.5) is 20.2 Å². The molecule has 1 heterocycles. The summed E-state index contributed by atoms with van der Waals surface area (Å²) in [6.45, 7) is 1.75. The number of aromatic nitrogens is 2. The summed E-state index contributed by atoms with van der Waals surface area (Å²) in [6.07, 6.45) is 1.37. The van der Waals surface area contributed by atoms with Gasteiger partial charge in [0, 0.05) is 18.8 Å². The minimum Gasteiger partial charge on any atom is -0.316 e. The van der Waals surface area contributed by atoms with E-state index in [4.69, 9.17) is 0 Å². The lowest BCUT2D eigenvalue weighted by atomic mass is 10.2. The van der Waals surface area contributed by atoms with Crippen molar-refractivity contribution in [1.82, 2.24) is 9.36 Å². The largest absolute Gasteiger partial charge is 0.316 e. The average Bonchev–Trinajstić information content (AvgIpc) is 3.03. The molecule has 1 amide bonds. The Bertz CT molecular complexity index is 1420. The van der Waals surface area contributed by atoms with Crippen LogP contribution in [0.3, 0.4) is 0 Å². The predicted molar refractivity (Wildman–Crippen MR) is 124 cm³/mol. The summed E-state index contributed by atoms with van der Waals surface area (Å²) in [7, 11) is 1.74. The van der Waals surface area contributed by atoms with Gasteiger partial charge >= 0.3 is 0 Å². The van der Waals surface area contributed by atoms with Gasteiger partial charge in [0.15, 0.2) is 11.6 Å². The second-order valence-electron chi connectivity index (χ2n) is 7.37. The molecular formula is C25H20F2N4O2. The molecule has 0 aliphatic heterocycles. The van der Waals surface area contributed by atoms with Gasteiger partial charge in [0.25, 0.3) is 11.5 Å². The molecule has 166 valence electrons. The zero-order valence-corrected chi connectivity index (χ0v) is 17.9. The van der Waals surface area contributed by atoms with Crippen LogP contribution in [0.1, 0.15) is 21.6 Å². The Balaban J connectivity index is 1.58. The van der Waals surface area contributed by atoms with Gasteiger partial charge in [-0.2, -0.15) is 0 Å². The first kappa shape index (κ1) is 21.9. The molecule has 1 N–H and O–H groups in total. The van der Waals surface area contributed by atoms with Gasteiger partial charge in [0.2, 0.25) is 0 Å². The third-order valence-electron chi connectivity index (χ3n) is 5.21. The van der Waals surface area contributed by atoms with Crippen LogP contribution < -0.4 is 10.9 Å². The molecule has 0 atom stereocenters. The number of hydrogen-bond acceptors (Lipinski definition) is 3. The molecule has 0 unspecified atom stereocenters. The van der Waals surface area contributed by atoms with E-state index in [1.54, 1.807) is 55.1 Å². The van der Waals surface area contributed by atoms with E-state index >= 15 is 0 Å². The lowest BCUT2D eigenvalue weighted by molar-refractivity contribution is 0.102. The van der Waals surface area contributed by atoms with E-state index in [1.807, 2.05) is 18.2 Å². The summed E-state index contributed by atoms with van der Waals surface area (Å²) >= 11 is 0. The topological polar surface area (TPSA) is 68.4 Å². The van der Waals surface area contributed by atoms with Gasteiger partial charge in [-0.1, -0.05) is 30.3 Å². The number of nitrogens with zero attached hydrogens (tertiary/aromatic N) is 3. The number of benzene rings is 3. The Kier molecular flexibility index (Phi) is 5.99. The van der Waals surface area contributed by atoms with Crippen molar-refractivity contribution in [3.05, 3.63) is 112 Å². The molecule has 0 saturated carbocycles. The number of rotatable bonds is 5. The van der Waals surface area contributed by atoms with Crippen molar-refractivity contribution in [2.75, 3.05) is 5.32 Å². The van der Waals surface area contributed by atoms with Crippen LogP contribution in [0.15, 0.2) is 82.6 Å². The molecule has 6 nitrogen and oxygen atoms in total. The van der Waals surface area contributed by atoms with Crippen LogP contribution in [0.25, 0.3) is 5.69 Å². The van der Waals surface area contributed by atoms with Crippen LogP contribution in [0.2, 0.25) is 0 Å². The van der Waals surface area contributed by atoms with Gasteiger partial charge in [-0.05, 0) is 55.0 Å². The molecule has 4 aromatic rings. The molecule has 0 aliphatic rings. The van der Waals surface area contributed by atoms with Crippen molar-refractivity contribution in [2.24, 2.45) is 12.0 Å². The highest BCUT2D eigenvalue weighted by molar-refractivity contribution is 6.05. The number of carbonyl (C=O) groups is 1. The first-order valence-corrected chi connectivity index (χ1v) is 10.1. The Morgan fingerprint density at radius 3 is 2.45 bits per heavy atom. The molecule has 1 aromatic heterocycles. The Morgan fingerprint density at radius 2 is 1.73 bits per heavy atom. The number of nitrogens with one attached hydrogen (secondary N) is 1. The Hall–Kier alpha value is -4.33. The Labute approximate surface area is 188 Å². The molecule has 0 saturated heterocycles. The van der Waals surface area contributed by atoms with Gasteiger partial charge in [-0.25, -0.2) is 13.5 Å². The summed E-state index contributed by atoms with van der Waals surface area (Å²) in [5.41, 5.74) is 2.24. The lowest BCUT2D eigenvalue weighted by Crippen LogP contribution is -2.22. The molecule has 0 bridgehead atoms. The number of amides is 1. The third kappa shape index (κ3) is 4.50. The maximum absolute atomic E-state index is 13.4. The number of halogens is 2. The molecule has 33 heavy (non-hydrogen) atoms. The second-order valence-corrected chi connectivity index (χ2v) is 7.37. The van der Waals surface area contributed by atoms with Crippen LogP contribution in [0, 0.1) is 18.6 Å². The first-order chi connectivity index (χ1) is 15.8. The molecular weight excluding hydrogens is 426 g/mol. The highest BCUT2D eigenvalue weighted by atomic mass is 19.2. The lowest BCUT2D eigenvalue weighted by Gasteiger charge is -2.07. The van der Waals surface area contributed by atoms with Crippen molar-refractivity contribution in [3.63, 3.8) is 0 Å². The standard InChI is InChI=1S/C25H20F2N4O2/c1-16-23(25(33)31(30(16)2)20-9-4-3-5-10-20)29-24(32)18-7-6-8-19(14-18)28-15-17-11-12-21(26)22(27)13-17/h3-15H,1-2H3,(H,29,32). The molecule has 0 spiro atoms. The highest BCUT2D eigenvalue weighted by Gasteiger charge is 2.18. The van der Waals surface area contributed by atoms with E-state index in [0.717, 1.165) is 12.1 Å². The van der Waals surface area contributed by atoms with E-state index in [0.29, 0.717) is 28.2 Å². The average molecular weight is 446 g/mol. The number of para-hydroxylation sites is 1. The van der Waals surface area contributed by atoms with Crippen molar-refractivity contribution < 1.29 is 13.6 Å². The maximum Gasteiger partial charge on any atom is 0.295 e. The summed E-state index contributed by atoms with van der Waals surface area (Å²) in [6, 6.07) is 19.0. The summed E-state index contributed by atoms with van der Waals surface area (Å²) in [5, 5.41) is 2.70. The summed E-state index contributed by atoms with van der Waals surface area (Å²) in [5.74, 6) is -2.37. The number of hydrogen-bond donors (Lipinski definition) is 1. The molecule has 8 heteroatoms. The number of anilines is 1. The highest BCUT2D eigenvalue weighted by Crippen LogP contribution is 2.18. The SMILES string of the molecule is Cc1c(NC(=O)c2cccc(N=Cc3ccc(F)c(F)c3)c2)c(=O)n(-c2ccccc2)n1C. The van der Waals surface area contributed by atoms with Crippen molar-refractivity contribution in [3.8, 4) is 5.69 Å². The van der Waals surface area contributed by atoms with Gasteiger partial charge in [0.05, 0.1) is 17.1 Å². The minimum atomic E-state index is -0.966. The fraction of sp³-hybridized carbons (Fsp3) is 0.0800. The molecule has 0 aliphatic carbocycles. The summed E-state index contributed by atoms with van der Waals surface area (Å²) < 4.78 is 29.6. The monoisotopic (exact) mass is 446 g/mol. The van der Waals surface area contributed by atoms with Gasteiger partial charge in [0.1, 0.15) is 5.69 Å². The van der Waals surface area contributed by atoms with E-state index in [9.17, 15) is 18.4 Å². The number of aliphatic imine (C=N–C) groups is 1. The third-order valence-corrected chi connectivity index (χ3v) is 5.21. The van der Waals surface area contributed by atoms with Crippen LogP contribution in [0.5, 0.6) is 0 Å². The quantitative estimate of drug-likeness (QED) is 0.449. The zero-order chi connectivity index (χ0) is 23.5. The van der Waals surface area contributed by atoms with E-state index in [2.05, 4.69) is 10.3 Å². The van der Waals surface area contributed by atoms with E-state index < -0.39 is 17.5 Å². The fourth-order valence-electron chi connectivity index (χ4n) is 3.37. The van der Waals surface area contributed by atoms with Crippen LogP contribution in [-0.2, 0) is 7.05 Å². The van der Waals surface area contributed by atoms with Crippen molar-refractivity contribution in [1.29, 1.82) is 0 Å². The van der Waals surface area contributed by atoms with E-state index in [1.165, 1.54) is 17.0 Å². The van der Waals surface area contributed by atoms with Crippen LogP contribution in [-0.4, -0.2) is 21.5 Å². The minimum absolute atomic E-state index is 0.182. The maximum atomic E-state index is 13.4. The second kappa shape index (κ2) is 9.04. The zero-order valence-electron chi connectivity index (χ0n) is 17.9. The molecule has 3 aromatic carbocycles. The molecule has 0 fully saturated rings. The molecule has 4 rings (SSSR count). The van der Waals surface area contributed by atoms with Gasteiger partial charge in [-0.3, -0.25) is 19.3 Å². The van der Waals surface area contributed by atoms with Gasteiger partial charge in [-0.15, -0.1) is 0 Å². The van der Waals surface area contributed by atoms with Crippen molar-refractivity contribution >= 4 is 23.5 Å². The van der Waals surface area contributed by atoms with Gasteiger partial charge < -0.3 is 5.32 Å².